The van der Waals surface area contributed by atoms with E-state index < -0.39 is 40.0 Å². The summed E-state index contributed by atoms with van der Waals surface area (Å²) in [6, 6.07) is 16.2. The summed E-state index contributed by atoms with van der Waals surface area (Å²) in [4.78, 5) is 28.4. The van der Waals surface area contributed by atoms with E-state index in [2.05, 4.69) is 5.32 Å². The number of carbonyl (C=O) groups is 2. The van der Waals surface area contributed by atoms with Crippen LogP contribution in [0.2, 0.25) is 10.0 Å². The number of hydrogen-bond donors (Lipinski definition) is 1. The highest BCUT2D eigenvalue weighted by molar-refractivity contribution is 7.92. The van der Waals surface area contributed by atoms with Gasteiger partial charge in [-0.25, -0.2) is 8.42 Å². The smallest absolute Gasteiger partial charge is 0.264 e. The maximum Gasteiger partial charge on any atom is 0.264 e. The molecular weight excluding hydrogens is 601 g/mol. The zero-order valence-electron chi connectivity index (χ0n) is 24.4. The number of amides is 2. The molecule has 0 aliphatic heterocycles. The summed E-state index contributed by atoms with van der Waals surface area (Å²) in [5.41, 5.74) is 0.243. The number of methoxy groups -OCH3 is 2. The lowest BCUT2D eigenvalue weighted by molar-refractivity contribution is -0.140. The second-order valence-electron chi connectivity index (χ2n) is 10.5. The van der Waals surface area contributed by atoms with Crippen molar-refractivity contribution in [2.45, 2.75) is 50.7 Å². The molecule has 0 radical (unpaired) electrons. The van der Waals surface area contributed by atoms with Gasteiger partial charge in [0.2, 0.25) is 11.8 Å². The molecule has 226 valence electrons. The topological polar surface area (TPSA) is 105 Å². The number of nitrogens with one attached hydrogen (secondary N) is 1. The van der Waals surface area contributed by atoms with E-state index in [4.69, 9.17) is 32.7 Å². The third kappa shape index (κ3) is 8.08. The molecule has 12 heteroatoms. The lowest BCUT2D eigenvalue weighted by Gasteiger charge is -2.33. The third-order valence-corrected chi connectivity index (χ3v) is 8.69. The summed E-state index contributed by atoms with van der Waals surface area (Å²) in [6.45, 7) is 6.44. The maximum absolute atomic E-state index is 14.1. The molecule has 3 rings (SSSR count). The normalized spacial score (nSPS) is 12.3. The summed E-state index contributed by atoms with van der Waals surface area (Å²) < 4.78 is 39.7. The molecule has 9 nitrogen and oxygen atoms in total. The number of rotatable bonds is 11. The second-order valence-corrected chi connectivity index (χ2v) is 13.2. The van der Waals surface area contributed by atoms with Gasteiger partial charge in [-0.05, 0) is 75.7 Å². The number of nitrogens with zero attached hydrogens (tertiary/aromatic N) is 2. The van der Waals surface area contributed by atoms with Crippen molar-refractivity contribution in [3.63, 3.8) is 0 Å². The summed E-state index contributed by atoms with van der Waals surface area (Å²) in [6.07, 6.45) is 0. The molecule has 0 spiro atoms. The van der Waals surface area contributed by atoms with Crippen molar-refractivity contribution in [3.8, 4) is 11.5 Å². The Morgan fingerprint density at radius 2 is 1.55 bits per heavy atom. The van der Waals surface area contributed by atoms with Crippen molar-refractivity contribution in [1.82, 2.24) is 10.2 Å². The van der Waals surface area contributed by atoms with E-state index in [0.717, 1.165) is 4.31 Å². The minimum Gasteiger partial charge on any atom is -0.493 e. The highest BCUT2D eigenvalue weighted by Crippen LogP contribution is 2.33. The first kappa shape index (κ1) is 33.0. The van der Waals surface area contributed by atoms with Crippen molar-refractivity contribution < 1.29 is 27.5 Å². The number of benzene rings is 3. The van der Waals surface area contributed by atoms with Gasteiger partial charge in [-0.3, -0.25) is 13.9 Å². The number of sulfonamides is 1. The Balaban J connectivity index is 2.09. The molecule has 2 amide bonds. The molecule has 3 aromatic rings. The molecule has 0 saturated heterocycles. The van der Waals surface area contributed by atoms with Gasteiger partial charge in [0, 0.05) is 28.2 Å². The van der Waals surface area contributed by atoms with Crippen molar-refractivity contribution in [3.05, 3.63) is 82.3 Å². The lowest BCUT2D eigenvalue weighted by Crippen LogP contribution is -2.54. The van der Waals surface area contributed by atoms with E-state index in [1.54, 1.807) is 31.2 Å². The third-order valence-electron chi connectivity index (χ3n) is 6.30. The molecule has 1 atom stereocenters. The van der Waals surface area contributed by atoms with Gasteiger partial charge in [0.25, 0.3) is 10.0 Å². The largest absolute Gasteiger partial charge is 0.493 e. The van der Waals surface area contributed by atoms with Crippen molar-refractivity contribution in [1.29, 1.82) is 0 Å². The van der Waals surface area contributed by atoms with Gasteiger partial charge in [-0.1, -0.05) is 41.4 Å². The lowest BCUT2D eigenvalue weighted by atomic mass is 10.1. The van der Waals surface area contributed by atoms with Crippen molar-refractivity contribution in [2.75, 3.05) is 25.1 Å². The van der Waals surface area contributed by atoms with E-state index in [0.29, 0.717) is 21.4 Å². The van der Waals surface area contributed by atoms with Crippen LogP contribution in [0.4, 0.5) is 5.69 Å². The minimum absolute atomic E-state index is 0.0257. The first-order chi connectivity index (χ1) is 19.7. The van der Waals surface area contributed by atoms with Crippen LogP contribution in [0.1, 0.15) is 33.3 Å². The number of carbonyl (C=O) groups excluding carboxylic acids is 2. The van der Waals surface area contributed by atoms with Gasteiger partial charge >= 0.3 is 0 Å². The molecule has 0 unspecified atom stereocenters. The van der Waals surface area contributed by atoms with E-state index in [1.807, 2.05) is 20.8 Å². The molecule has 0 fully saturated rings. The zero-order chi connectivity index (χ0) is 31.2. The maximum atomic E-state index is 14.1. The van der Waals surface area contributed by atoms with Gasteiger partial charge in [0.1, 0.15) is 12.6 Å². The van der Waals surface area contributed by atoms with Gasteiger partial charge in [-0.15, -0.1) is 0 Å². The predicted molar refractivity (Wildman–Crippen MR) is 165 cm³/mol. The summed E-state index contributed by atoms with van der Waals surface area (Å²) in [5, 5.41) is 3.69. The Kier molecular flexibility index (Phi) is 10.8. The average molecular weight is 637 g/mol. The van der Waals surface area contributed by atoms with Crippen LogP contribution in [-0.4, -0.2) is 57.5 Å². The monoisotopic (exact) mass is 635 g/mol. The van der Waals surface area contributed by atoms with Crippen LogP contribution in [0.15, 0.2) is 71.6 Å². The van der Waals surface area contributed by atoms with Crippen LogP contribution in [0.3, 0.4) is 0 Å². The van der Waals surface area contributed by atoms with Gasteiger partial charge < -0.3 is 19.7 Å². The van der Waals surface area contributed by atoms with Crippen LogP contribution < -0.4 is 19.1 Å². The fourth-order valence-corrected chi connectivity index (χ4v) is 5.86. The van der Waals surface area contributed by atoms with Gasteiger partial charge in [0.15, 0.2) is 11.5 Å². The molecular formula is C30H35Cl2N3O6S. The predicted octanol–water partition coefficient (Wildman–Crippen LogP) is 5.54. The second kappa shape index (κ2) is 13.7. The molecule has 1 N–H and O–H groups in total. The Bertz CT molecular complexity index is 1520. The SMILES string of the molecule is COc1ccc(S(=O)(=O)N(CC(=O)N(Cc2ccccc2Cl)[C@H](C)C(=O)NC(C)(C)C)c2ccc(Cl)cc2)cc1OC. The van der Waals surface area contributed by atoms with E-state index in [9.17, 15) is 18.0 Å². The summed E-state index contributed by atoms with van der Waals surface area (Å²) >= 11 is 12.5. The molecule has 0 aliphatic rings. The number of halogens is 2. The van der Waals surface area contributed by atoms with Crippen molar-refractivity contribution in [2.24, 2.45) is 0 Å². The molecule has 0 bridgehead atoms. The van der Waals surface area contributed by atoms with E-state index >= 15 is 0 Å². The first-order valence-corrected chi connectivity index (χ1v) is 15.2. The number of anilines is 1. The molecule has 0 saturated carbocycles. The summed E-state index contributed by atoms with van der Waals surface area (Å²) in [5.74, 6) is -0.474. The summed E-state index contributed by atoms with van der Waals surface area (Å²) in [7, 11) is -1.49. The fraction of sp³-hybridized carbons (Fsp3) is 0.333. The van der Waals surface area contributed by atoms with Crippen LogP contribution in [0, 0.1) is 0 Å². The standard InChI is InChI=1S/C30H35Cl2N3O6S/c1-20(29(37)33-30(2,3)4)34(18-21-9-7-8-10-25(21)32)28(36)19-35(23-13-11-22(31)12-14-23)42(38,39)24-15-16-26(40-5)27(17-24)41-6/h7-17,20H,18-19H2,1-6H3,(H,33,37)/t20-/m1/s1. The van der Waals surface area contributed by atoms with Crippen LogP contribution in [0.5, 0.6) is 11.5 Å². The number of hydrogen-bond acceptors (Lipinski definition) is 6. The van der Waals surface area contributed by atoms with Crippen LogP contribution in [0.25, 0.3) is 0 Å². The quantitative estimate of drug-likeness (QED) is 0.297. The fourth-order valence-electron chi connectivity index (χ4n) is 4.11. The van der Waals surface area contributed by atoms with Gasteiger partial charge in [-0.2, -0.15) is 0 Å². The highest BCUT2D eigenvalue weighted by atomic mass is 35.5. The van der Waals surface area contributed by atoms with Crippen molar-refractivity contribution >= 4 is 50.7 Å². The Morgan fingerprint density at radius 3 is 2.12 bits per heavy atom. The number of ether oxygens (including phenoxy) is 2. The minimum atomic E-state index is -4.33. The van der Waals surface area contributed by atoms with E-state index in [-0.39, 0.29) is 22.9 Å². The zero-order valence-corrected chi connectivity index (χ0v) is 26.7. The molecule has 3 aromatic carbocycles. The Morgan fingerprint density at radius 1 is 0.929 bits per heavy atom. The molecule has 0 aliphatic carbocycles. The molecule has 0 heterocycles. The average Bonchev–Trinajstić information content (AvgIpc) is 2.94. The molecule has 42 heavy (non-hydrogen) atoms. The van der Waals surface area contributed by atoms with Gasteiger partial charge in [0.05, 0.1) is 24.8 Å². The van der Waals surface area contributed by atoms with Crippen LogP contribution in [-0.2, 0) is 26.2 Å². The van der Waals surface area contributed by atoms with E-state index in [1.165, 1.54) is 61.6 Å². The highest BCUT2D eigenvalue weighted by Gasteiger charge is 2.34. The Labute approximate surface area is 257 Å². The first-order valence-electron chi connectivity index (χ1n) is 13.0. The van der Waals surface area contributed by atoms with Crippen LogP contribution >= 0.6 is 23.2 Å². The molecule has 0 aromatic heterocycles. The Hall–Kier alpha value is -3.47.